The Morgan fingerprint density at radius 3 is 2.22 bits per heavy atom. The largest absolute Gasteiger partial charge is 0.368 e. The van der Waals surface area contributed by atoms with Gasteiger partial charge in [0.1, 0.15) is 5.75 Å². The maximum Gasteiger partial charge on any atom is 0.236 e. The third-order valence-electron chi connectivity index (χ3n) is 0.836. The molecular formula is C4H11NO3S. The van der Waals surface area contributed by atoms with Gasteiger partial charge >= 0.3 is 0 Å². The van der Waals surface area contributed by atoms with Crippen LogP contribution in [0.3, 0.4) is 0 Å². The molecule has 0 saturated heterocycles. The van der Waals surface area contributed by atoms with E-state index in [0.29, 0.717) is 0 Å². The van der Waals surface area contributed by atoms with E-state index < -0.39 is 16.5 Å². The maximum atomic E-state index is 10.1. The first-order valence-electron chi connectivity index (χ1n) is 2.50. The van der Waals surface area contributed by atoms with Crippen LogP contribution in [0.15, 0.2) is 0 Å². The molecule has 4 nitrogen and oxygen atoms in total. The lowest BCUT2D eigenvalue weighted by atomic mass is 10.8. The van der Waals surface area contributed by atoms with Crippen molar-refractivity contribution in [2.24, 2.45) is 5.73 Å². The monoisotopic (exact) mass is 153 g/mol. The third kappa shape index (κ3) is 4.26. The minimum atomic E-state index is -2.69. The van der Waals surface area contributed by atoms with Gasteiger partial charge in [0.25, 0.3) is 0 Å². The van der Waals surface area contributed by atoms with Crippen molar-refractivity contribution < 1.29 is 13.9 Å². The number of carbonyl (C=O) groups is 1. The number of rotatable bonds is 3. The number of primary amides is 1. The Labute approximate surface area is 55.4 Å². The lowest BCUT2D eigenvalue weighted by Crippen LogP contribution is -2.21. The number of amides is 1. The van der Waals surface area contributed by atoms with E-state index in [1.165, 1.54) is 0 Å². The van der Waals surface area contributed by atoms with E-state index in [1.807, 2.05) is 0 Å². The molecule has 4 N–H and O–H groups in total. The van der Waals surface area contributed by atoms with Crippen LogP contribution in [0.5, 0.6) is 0 Å². The Hall–Kier alpha value is -0.260. The molecule has 0 bridgehead atoms. The zero-order valence-electron chi connectivity index (χ0n) is 5.20. The molecule has 0 aliphatic carbocycles. The molecule has 0 aliphatic heterocycles. The number of carbonyl (C=O) groups excluding carboxylic acids is 1. The Morgan fingerprint density at radius 1 is 1.67 bits per heavy atom. The van der Waals surface area contributed by atoms with Crippen LogP contribution in [0, 0.1) is 0 Å². The van der Waals surface area contributed by atoms with Gasteiger partial charge in [0.15, 0.2) is 0 Å². The van der Waals surface area contributed by atoms with Crippen molar-refractivity contribution in [1.82, 2.24) is 0 Å². The van der Waals surface area contributed by atoms with E-state index in [1.54, 1.807) is 6.92 Å². The van der Waals surface area contributed by atoms with Crippen LogP contribution >= 0.6 is 10.6 Å². The first kappa shape index (κ1) is 8.74. The highest BCUT2D eigenvalue weighted by Crippen LogP contribution is 2.36. The van der Waals surface area contributed by atoms with Crippen LogP contribution in [0.2, 0.25) is 0 Å². The summed E-state index contributed by atoms with van der Waals surface area (Å²) < 4.78 is 17.7. The van der Waals surface area contributed by atoms with Crippen LogP contribution < -0.4 is 5.73 Å². The van der Waals surface area contributed by atoms with Gasteiger partial charge in [-0.2, -0.15) is 10.6 Å². The summed E-state index contributed by atoms with van der Waals surface area (Å²) in [5, 5.41) is 0. The lowest BCUT2D eigenvalue weighted by Gasteiger charge is -2.28. The first-order valence-corrected chi connectivity index (χ1v) is 4.38. The zero-order valence-corrected chi connectivity index (χ0v) is 6.02. The summed E-state index contributed by atoms with van der Waals surface area (Å²) in [5.74, 6) is -0.795. The molecule has 0 aromatic heterocycles. The molecule has 9 heavy (non-hydrogen) atoms. The molecule has 0 aromatic rings. The third-order valence-corrected chi connectivity index (χ3v) is 2.51. The fourth-order valence-electron chi connectivity index (χ4n) is 0.330. The molecule has 0 atom stereocenters. The van der Waals surface area contributed by atoms with E-state index in [0.717, 1.165) is 0 Å². The number of hydrogen-bond donors (Lipinski definition) is 3. The van der Waals surface area contributed by atoms with Gasteiger partial charge in [0.05, 0.1) is 0 Å². The van der Waals surface area contributed by atoms with E-state index in [2.05, 4.69) is 0 Å². The average Bonchev–Trinajstić information content (AvgIpc) is 1.63. The van der Waals surface area contributed by atoms with Crippen LogP contribution in [-0.2, 0) is 4.79 Å². The predicted octanol–water partition coefficient (Wildman–Crippen LogP) is 0.242. The summed E-state index contributed by atoms with van der Waals surface area (Å²) in [6.45, 7) is 1.60. The molecule has 0 unspecified atom stereocenters. The Morgan fingerprint density at radius 2 is 2.11 bits per heavy atom. The highest BCUT2D eigenvalue weighted by Gasteiger charge is 2.11. The smallest absolute Gasteiger partial charge is 0.236 e. The summed E-state index contributed by atoms with van der Waals surface area (Å²) in [7, 11) is -2.69. The highest BCUT2D eigenvalue weighted by molar-refractivity contribution is 8.24. The molecule has 0 aromatic carbocycles. The molecule has 0 aliphatic rings. The van der Waals surface area contributed by atoms with Crippen molar-refractivity contribution in [3.63, 3.8) is 0 Å². The molecule has 1 amide bonds. The Bertz CT molecular complexity index is 114. The van der Waals surface area contributed by atoms with Gasteiger partial charge in [-0.05, 0) is 6.92 Å². The van der Waals surface area contributed by atoms with Crippen LogP contribution in [0.25, 0.3) is 0 Å². The van der Waals surface area contributed by atoms with Gasteiger partial charge in [0.2, 0.25) is 5.91 Å². The van der Waals surface area contributed by atoms with Crippen molar-refractivity contribution in [2.45, 2.75) is 6.92 Å². The SMILES string of the molecule is CCS(O)(O)CC(N)=O. The van der Waals surface area contributed by atoms with Gasteiger partial charge in [0, 0.05) is 5.75 Å². The van der Waals surface area contributed by atoms with Gasteiger partial charge in [-0.1, -0.05) is 0 Å². The summed E-state index contributed by atoms with van der Waals surface area (Å²) in [6.07, 6.45) is 0. The number of hydrogen-bond acceptors (Lipinski definition) is 3. The molecule has 56 valence electrons. The summed E-state index contributed by atoms with van der Waals surface area (Å²) in [6, 6.07) is 0. The van der Waals surface area contributed by atoms with Crippen molar-refractivity contribution in [2.75, 3.05) is 11.5 Å². The summed E-state index contributed by atoms with van der Waals surface area (Å²) in [5.41, 5.74) is 4.72. The highest BCUT2D eigenvalue weighted by atomic mass is 32.3. The topological polar surface area (TPSA) is 83.6 Å². The average molecular weight is 153 g/mol. The van der Waals surface area contributed by atoms with E-state index in [-0.39, 0.29) is 11.5 Å². The van der Waals surface area contributed by atoms with Gasteiger partial charge < -0.3 is 5.73 Å². The first-order chi connectivity index (χ1) is 3.98. The predicted molar refractivity (Wildman–Crippen MR) is 37.5 cm³/mol. The Kier molecular flexibility index (Phi) is 2.96. The minimum absolute atomic E-state index is 0.190. The normalized spacial score (nSPS) is 13.2. The fraction of sp³-hybridized carbons (Fsp3) is 0.750. The molecule has 0 fully saturated rings. The lowest BCUT2D eigenvalue weighted by molar-refractivity contribution is -0.115. The summed E-state index contributed by atoms with van der Waals surface area (Å²) in [4.78, 5) is 10.1. The molecular weight excluding hydrogens is 142 g/mol. The standard InChI is InChI=1S/C4H11NO3S/c1-2-9(7,8)3-4(5)6/h7-8H,2-3H2,1H3,(H2,5,6). The maximum absolute atomic E-state index is 10.1. The van der Waals surface area contributed by atoms with Gasteiger partial charge in [-0.25, -0.2) is 0 Å². The quantitative estimate of drug-likeness (QED) is 0.543. The van der Waals surface area contributed by atoms with Crippen LogP contribution in [0.4, 0.5) is 0 Å². The molecule has 0 spiro atoms. The molecule has 0 heterocycles. The van der Waals surface area contributed by atoms with Crippen molar-refractivity contribution in [1.29, 1.82) is 0 Å². The van der Waals surface area contributed by atoms with Crippen LogP contribution in [0.1, 0.15) is 6.92 Å². The molecule has 0 rings (SSSR count). The number of nitrogens with two attached hydrogens (primary N) is 1. The molecule has 5 heteroatoms. The van der Waals surface area contributed by atoms with Gasteiger partial charge in [-0.3, -0.25) is 13.9 Å². The summed E-state index contributed by atoms with van der Waals surface area (Å²) >= 11 is 0. The fourth-order valence-corrected chi connectivity index (χ4v) is 0.990. The second-order valence-electron chi connectivity index (χ2n) is 1.70. The van der Waals surface area contributed by atoms with E-state index >= 15 is 0 Å². The minimum Gasteiger partial charge on any atom is -0.368 e. The van der Waals surface area contributed by atoms with Crippen LogP contribution in [-0.4, -0.2) is 26.5 Å². The second kappa shape index (κ2) is 3.05. The Balaban J connectivity index is 3.71. The van der Waals surface area contributed by atoms with Crippen molar-refractivity contribution in [3.05, 3.63) is 0 Å². The van der Waals surface area contributed by atoms with Crippen molar-refractivity contribution >= 4 is 16.5 Å². The zero-order chi connectivity index (χ0) is 7.49. The molecule has 0 radical (unpaired) electrons. The van der Waals surface area contributed by atoms with E-state index in [4.69, 9.17) is 14.8 Å². The van der Waals surface area contributed by atoms with Crippen molar-refractivity contribution in [3.8, 4) is 0 Å². The molecule has 0 saturated carbocycles. The van der Waals surface area contributed by atoms with Gasteiger partial charge in [-0.15, -0.1) is 0 Å². The second-order valence-corrected chi connectivity index (χ2v) is 4.17. The van der Waals surface area contributed by atoms with E-state index in [9.17, 15) is 4.79 Å².